The van der Waals surface area contributed by atoms with Crippen LogP contribution in [0, 0.1) is 0 Å². The first-order chi connectivity index (χ1) is 7.77. The lowest BCUT2D eigenvalue weighted by atomic mass is 9.97. The first kappa shape index (κ1) is 11.2. The molecule has 0 aliphatic carbocycles. The Labute approximate surface area is 97.3 Å². The van der Waals surface area contributed by atoms with Crippen molar-refractivity contribution >= 4 is 5.91 Å². The summed E-state index contributed by atoms with van der Waals surface area (Å²) in [6.45, 7) is 4.05. The van der Waals surface area contributed by atoms with Gasteiger partial charge in [0.05, 0.1) is 0 Å². The number of hydrogen-bond acceptors (Lipinski definition) is 1. The van der Waals surface area contributed by atoms with E-state index >= 15 is 0 Å². The molecular weight excluding hydrogens is 198 g/mol. The molecule has 86 valence electrons. The van der Waals surface area contributed by atoms with E-state index in [1.807, 2.05) is 23.1 Å². The fourth-order valence-corrected chi connectivity index (χ4v) is 2.26. The second-order valence-corrected chi connectivity index (χ2v) is 4.60. The zero-order chi connectivity index (χ0) is 11.4. The van der Waals surface area contributed by atoms with Gasteiger partial charge >= 0.3 is 0 Å². The minimum absolute atomic E-state index is 0.314. The Morgan fingerprint density at radius 3 is 2.50 bits per heavy atom. The fraction of sp³-hybridized carbons (Fsp3) is 0.500. The molecule has 1 amide bonds. The maximum absolute atomic E-state index is 12.0. The highest BCUT2D eigenvalue weighted by Crippen LogP contribution is 2.20. The van der Waals surface area contributed by atoms with Crippen molar-refractivity contribution in [2.75, 3.05) is 13.1 Å². The van der Waals surface area contributed by atoms with Gasteiger partial charge in [-0.15, -0.1) is 0 Å². The zero-order valence-corrected chi connectivity index (χ0v) is 9.86. The van der Waals surface area contributed by atoms with Crippen LogP contribution in [-0.4, -0.2) is 23.9 Å². The van der Waals surface area contributed by atoms with Crippen molar-refractivity contribution in [3.63, 3.8) is 0 Å². The van der Waals surface area contributed by atoms with Crippen molar-refractivity contribution in [1.29, 1.82) is 0 Å². The highest BCUT2D eigenvalue weighted by Gasteiger charge is 2.20. The molecule has 0 saturated carbocycles. The number of rotatable bonds is 3. The summed E-state index contributed by atoms with van der Waals surface area (Å²) in [7, 11) is 0. The van der Waals surface area contributed by atoms with Crippen LogP contribution >= 0.6 is 0 Å². The van der Waals surface area contributed by atoms with Crippen LogP contribution in [0.5, 0.6) is 0 Å². The minimum Gasteiger partial charge on any atom is -0.343 e. The molecule has 16 heavy (non-hydrogen) atoms. The molecule has 1 aliphatic heterocycles. The Morgan fingerprint density at radius 2 is 1.88 bits per heavy atom. The van der Waals surface area contributed by atoms with E-state index in [2.05, 4.69) is 19.1 Å². The Hall–Kier alpha value is -1.31. The van der Waals surface area contributed by atoms with Gasteiger partial charge in [0.25, 0.3) is 0 Å². The molecule has 2 heteroatoms. The van der Waals surface area contributed by atoms with E-state index in [4.69, 9.17) is 0 Å². The molecule has 0 radical (unpaired) electrons. The summed E-state index contributed by atoms with van der Waals surface area (Å²) < 4.78 is 0. The average molecular weight is 217 g/mol. The van der Waals surface area contributed by atoms with Crippen molar-refractivity contribution < 1.29 is 4.79 Å². The van der Waals surface area contributed by atoms with E-state index in [1.165, 1.54) is 18.4 Å². The van der Waals surface area contributed by atoms with Crippen molar-refractivity contribution in [2.45, 2.75) is 32.1 Å². The normalized spacial score (nSPS) is 17.4. The van der Waals surface area contributed by atoms with Crippen molar-refractivity contribution in [3.8, 4) is 0 Å². The maximum atomic E-state index is 12.0. The molecule has 0 spiro atoms. The zero-order valence-electron chi connectivity index (χ0n) is 9.86. The lowest BCUT2D eigenvalue weighted by Crippen LogP contribution is -2.28. The van der Waals surface area contributed by atoms with E-state index < -0.39 is 0 Å². The van der Waals surface area contributed by atoms with Gasteiger partial charge < -0.3 is 4.90 Å². The molecule has 0 N–H and O–H groups in total. The summed E-state index contributed by atoms with van der Waals surface area (Å²) in [6.07, 6.45) is 2.99. The lowest BCUT2D eigenvalue weighted by molar-refractivity contribution is -0.130. The molecular formula is C14H19NO. The lowest BCUT2D eigenvalue weighted by Gasteiger charge is -2.18. The predicted molar refractivity (Wildman–Crippen MR) is 65.3 cm³/mol. The summed E-state index contributed by atoms with van der Waals surface area (Å²) in [6, 6.07) is 10.3. The van der Waals surface area contributed by atoms with Crippen LogP contribution in [0.2, 0.25) is 0 Å². The van der Waals surface area contributed by atoms with Gasteiger partial charge in [0, 0.05) is 19.5 Å². The molecule has 1 saturated heterocycles. The Bertz CT molecular complexity index is 341. The number of nitrogens with zero attached hydrogens (tertiary/aromatic N) is 1. The van der Waals surface area contributed by atoms with Gasteiger partial charge in [0.1, 0.15) is 0 Å². The molecule has 2 nitrogen and oxygen atoms in total. The Balaban J connectivity index is 1.92. The van der Waals surface area contributed by atoms with E-state index in [0.717, 1.165) is 13.1 Å². The predicted octanol–water partition coefficient (Wildman–Crippen LogP) is 2.80. The summed E-state index contributed by atoms with van der Waals surface area (Å²) in [4.78, 5) is 14.0. The molecule has 1 aromatic rings. The van der Waals surface area contributed by atoms with Crippen molar-refractivity contribution in [3.05, 3.63) is 35.9 Å². The Morgan fingerprint density at radius 1 is 1.25 bits per heavy atom. The SMILES string of the molecule is C[C@@H](CC(=O)N1CCCC1)c1ccccc1. The standard InChI is InChI=1S/C14H19NO/c1-12(13-7-3-2-4-8-13)11-14(16)15-9-5-6-10-15/h2-4,7-8,12H,5-6,9-11H2,1H3/t12-/m0/s1. The summed E-state index contributed by atoms with van der Waals surface area (Å²) in [5.41, 5.74) is 1.26. The van der Waals surface area contributed by atoms with Crippen molar-refractivity contribution in [2.24, 2.45) is 0 Å². The van der Waals surface area contributed by atoms with Crippen LogP contribution in [0.3, 0.4) is 0 Å². The van der Waals surface area contributed by atoms with Gasteiger partial charge in [-0.3, -0.25) is 4.79 Å². The molecule has 0 unspecified atom stereocenters. The van der Waals surface area contributed by atoms with Gasteiger partial charge in [-0.2, -0.15) is 0 Å². The number of hydrogen-bond donors (Lipinski definition) is 0. The Kier molecular flexibility index (Phi) is 3.60. The van der Waals surface area contributed by atoms with E-state index in [-0.39, 0.29) is 0 Å². The summed E-state index contributed by atoms with van der Waals surface area (Å²) in [5, 5.41) is 0. The number of likely N-dealkylation sites (tertiary alicyclic amines) is 1. The average Bonchev–Trinajstić information content (AvgIpc) is 2.83. The topological polar surface area (TPSA) is 20.3 Å². The van der Waals surface area contributed by atoms with Crippen LogP contribution in [0.4, 0.5) is 0 Å². The van der Waals surface area contributed by atoms with Crippen molar-refractivity contribution in [1.82, 2.24) is 4.90 Å². The monoisotopic (exact) mass is 217 g/mol. The van der Waals surface area contributed by atoms with Gasteiger partial charge in [0.15, 0.2) is 0 Å². The second kappa shape index (κ2) is 5.15. The number of carbonyl (C=O) groups excluding carboxylic acids is 1. The van der Waals surface area contributed by atoms with E-state index in [0.29, 0.717) is 18.2 Å². The smallest absolute Gasteiger partial charge is 0.223 e. The molecule has 2 rings (SSSR count). The third-order valence-corrected chi connectivity index (χ3v) is 3.31. The fourth-order valence-electron chi connectivity index (χ4n) is 2.26. The third-order valence-electron chi connectivity index (χ3n) is 3.31. The molecule has 1 aromatic carbocycles. The van der Waals surface area contributed by atoms with E-state index in [9.17, 15) is 4.79 Å². The molecule has 1 aliphatic rings. The molecule has 1 fully saturated rings. The minimum atomic E-state index is 0.314. The highest BCUT2D eigenvalue weighted by atomic mass is 16.2. The summed E-state index contributed by atoms with van der Waals surface area (Å²) >= 11 is 0. The maximum Gasteiger partial charge on any atom is 0.223 e. The molecule has 0 aromatic heterocycles. The second-order valence-electron chi connectivity index (χ2n) is 4.60. The largest absolute Gasteiger partial charge is 0.343 e. The van der Waals surface area contributed by atoms with E-state index in [1.54, 1.807) is 0 Å². The van der Waals surface area contributed by atoms with Crippen LogP contribution < -0.4 is 0 Å². The van der Waals surface area contributed by atoms with Gasteiger partial charge in [-0.1, -0.05) is 37.3 Å². The van der Waals surface area contributed by atoms with Crippen LogP contribution in [0.25, 0.3) is 0 Å². The first-order valence-corrected chi connectivity index (χ1v) is 6.10. The van der Waals surface area contributed by atoms with Crippen LogP contribution in [0.1, 0.15) is 37.7 Å². The van der Waals surface area contributed by atoms with Gasteiger partial charge in [0.2, 0.25) is 5.91 Å². The van der Waals surface area contributed by atoms with Gasteiger partial charge in [-0.25, -0.2) is 0 Å². The quantitative estimate of drug-likeness (QED) is 0.762. The number of amides is 1. The van der Waals surface area contributed by atoms with Crippen LogP contribution in [0.15, 0.2) is 30.3 Å². The highest BCUT2D eigenvalue weighted by molar-refractivity contribution is 5.77. The van der Waals surface area contributed by atoms with Crippen LogP contribution in [-0.2, 0) is 4.79 Å². The van der Waals surface area contributed by atoms with Gasteiger partial charge in [-0.05, 0) is 24.3 Å². The summed E-state index contributed by atoms with van der Waals surface area (Å²) in [5.74, 6) is 0.642. The molecule has 1 atom stereocenters. The first-order valence-electron chi connectivity index (χ1n) is 6.10. The number of carbonyl (C=O) groups is 1. The molecule has 0 bridgehead atoms. The number of benzene rings is 1. The molecule has 1 heterocycles. The third kappa shape index (κ3) is 2.63.